The Morgan fingerprint density at radius 3 is 2.81 bits per heavy atom. The molecule has 0 bridgehead atoms. The lowest BCUT2D eigenvalue weighted by Gasteiger charge is -2.15. The van der Waals surface area contributed by atoms with Crippen molar-refractivity contribution in [1.29, 1.82) is 0 Å². The summed E-state index contributed by atoms with van der Waals surface area (Å²) in [5, 5.41) is 12.5. The molecule has 1 saturated heterocycles. The van der Waals surface area contributed by atoms with Crippen LogP contribution in [0.25, 0.3) is 0 Å². The summed E-state index contributed by atoms with van der Waals surface area (Å²) in [5.41, 5.74) is 0.00598. The van der Waals surface area contributed by atoms with E-state index in [9.17, 15) is 23.1 Å². The molecule has 144 valence electrons. The minimum Gasteiger partial charge on any atom is -0.506 e. The Bertz CT molecular complexity index is 952. The molecule has 1 fully saturated rings. The van der Waals surface area contributed by atoms with Gasteiger partial charge >= 0.3 is 0 Å². The van der Waals surface area contributed by atoms with Gasteiger partial charge in [-0.1, -0.05) is 6.92 Å². The zero-order chi connectivity index (χ0) is 19.6. The lowest BCUT2D eigenvalue weighted by molar-refractivity contribution is -0.128. The molecule has 1 aliphatic rings. The molecule has 2 N–H and O–H groups in total. The van der Waals surface area contributed by atoms with Crippen molar-refractivity contribution in [3.8, 4) is 5.75 Å². The number of hydrogen-bond acceptors (Lipinski definition) is 6. The third-order valence-electron chi connectivity index (χ3n) is 4.48. The van der Waals surface area contributed by atoms with Gasteiger partial charge in [-0.2, -0.15) is 0 Å². The molecule has 9 heteroatoms. The fourth-order valence-electron chi connectivity index (χ4n) is 2.90. The zero-order valence-corrected chi connectivity index (χ0v) is 15.5. The van der Waals surface area contributed by atoms with Gasteiger partial charge in [0.1, 0.15) is 11.5 Å². The van der Waals surface area contributed by atoms with Crippen molar-refractivity contribution in [2.45, 2.75) is 24.8 Å². The zero-order valence-electron chi connectivity index (χ0n) is 14.7. The largest absolute Gasteiger partial charge is 0.506 e. The molecular weight excluding hydrogens is 372 g/mol. The molecule has 1 aromatic carbocycles. The van der Waals surface area contributed by atoms with Crippen molar-refractivity contribution in [1.82, 2.24) is 4.90 Å². The van der Waals surface area contributed by atoms with E-state index >= 15 is 0 Å². The number of carbonyl (C=O) groups is 2. The van der Waals surface area contributed by atoms with Crippen LogP contribution in [-0.4, -0.2) is 42.5 Å². The van der Waals surface area contributed by atoms with Crippen molar-refractivity contribution in [2.24, 2.45) is 5.92 Å². The third kappa shape index (κ3) is 4.13. The monoisotopic (exact) mass is 392 g/mol. The topological polar surface area (TPSA) is 117 Å². The second-order valence-electron chi connectivity index (χ2n) is 6.33. The number of likely N-dealkylation sites (tertiary alicyclic amines) is 1. The number of phenols is 1. The van der Waals surface area contributed by atoms with Crippen molar-refractivity contribution < 1.29 is 27.5 Å². The maximum absolute atomic E-state index is 12.5. The highest BCUT2D eigenvalue weighted by Gasteiger charge is 2.35. The lowest BCUT2D eigenvalue weighted by Crippen LogP contribution is -2.28. The van der Waals surface area contributed by atoms with Gasteiger partial charge in [-0.15, -0.1) is 0 Å². The molecule has 2 aromatic rings. The molecule has 0 aliphatic carbocycles. The van der Waals surface area contributed by atoms with Gasteiger partial charge in [0, 0.05) is 13.0 Å². The van der Waals surface area contributed by atoms with Gasteiger partial charge in [-0.25, -0.2) is 8.42 Å². The van der Waals surface area contributed by atoms with E-state index in [-0.39, 0.29) is 47.5 Å². The number of nitrogens with zero attached hydrogens (tertiary/aromatic N) is 1. The van der Waals surface area contributed by atoms with Crippen molar-refractivity contribution >= 4 is 27.3 Å². The third-order valence-corrected chi connectivity index (χ3v) is 6.21. The second kappa shape index (κ2) is 7.43. The summed E-state index contributed by atoms with van der Waals surface area (Å²) in [6.07, 6.45) is 1.56. The highest BCUT2D eigenvalue weighted by molar-refractivity contribution is 7.91. The highest BCUT2D eigenvalue weighted by Crippen LogP contribution is 2.29. The Morgan fingerprint density at radius 2 is 2.15 bits per heavy atom. The summed E-state index contributed by atoms with van der Waals surface area (Å²) < 4.78 is 29.2. The van der Waals surface area contributed by atoms with E-state index in [1.54, 1.807) is 12.1 Å². The Kier molecular flexibility index (Phi) is 5.22. The number of aromatic hydroxyl groups is 1. The molecule has 2 heterocycles. The molecule has 3 rings (SSSR count). The van der Waals surface area contributed by atoms with Gasteiger partial charge in [0.05, 0.1) is 35.1 Å². The minimum absolute atomic E-state index is 0.00598. The standard InChI is InChI=1S/C18H20N2O6S/c1-2-27(24,25)14-5-6-16(21)15(9-14)19-18(23)12-8-17(22)20(10-12)11-13-4-3-7-26-13/h3-7,9,12,21H,2,8,10-11H2,1H3,(H,19,23). The number of hydrogen-bond donors (Lipinski definition) is 2. The maximum Gasteiger partial charge on any atom is 0.229 e. The van der Waals surface area contributed by atoms with E-state index in [1.807, 2.05) is 0 Å². The predicted octanol–water partition coefficient (Wildman–Crippen LogP) is 1.77. The number of benzene rings is 1. The first-order valence-corrected chi connectivity index (χ1v) is 10.1. The quantitative estimate of drug-likeness (QED) is 0.724. The number of sulfone groups is 1. The molecule has 0 saturated carbocycles. The van der Waals surface area contributed by atoms with E-state index < -0.39 is 21.7 Å². The van der Waals surface area contributed by atoms with Crippen LogP contribution in [0.1, 0.15) is 19.1 Å². The van der Waals surface area contributed by atoms with E-state index in [0.717, 1.165) is 0 Å². The maximum atomic E-state index is 12.5. The van der Waals surface area contributed by atoms with Gasteiger partial charge in [0.15, 0.2) is 9.84 Å². The van der Waals surface area contributed by atoms with E-state index in [0.29, 0.717) is 5.76 Å². The van der Waals surface area contributed by atoms with Crippen molar-refractivity contribution in [3.63, 3.8) is 0 Å². The van der Waals surface area contributed by atoms with Gasteiger partial charge in [0.2, 0.25) is 11.8 Å². The Labute approximate surface area is 156 Å². The van der Waals surface area contributed by atoms with Crippen molar-refractivity contribution in [2.75, 3.05) is 17.6 Å². The normalized spacial score (nSPS) is 17.3. The Balaban J connectivity index is 1.71. The number of phenolic OH excluding ortho intramolecular Hbond substituents is 1. The number of furan rings is 1. The highest BCUT2D eigenvalue weighted by atomic mass is 32.2. The van der Waals surface area contributed by atoms with E-state index in [1.165, 1.54) is 36.3 Å². The Morgan fingerprint density at radius 1 is 1.37 bits per heavy atom. The Hall–Kier alpha value is -2.81. The van der Waals surface area contributed by atoms with Gasteiger partial charge in [0.25, 0.3) is 0 Å². The number of rotatable bonds is 6. The summed E-state index contributed by atoms with van der Waals surface area (Å²) >= 11 is 0. The van der Waals surface area contributed by atoms with Crippen LogP contribution in [0.3, 0.4) is 0 Å². The molecule has 0 spiro atoms. The second-order valence-corrected chi connectivity index (χ2v) is 8.60. The molecular formula is C18H20N2O6S. The summed E-state index contributed by atoms with van der Waals surface area (Å²) in [7, 11) is -3.47. The average molecular weight is 392 g/mol. The first kappa shape index (κ1) is 19.0. The molecule has 27 heavy (non-hydrogen) atoms. The van der Waals surface area contributed by atoms with E-state index in [4.69, 9.17) is 4.42 Å². The number of amides is 2. The van der Waals surface area contributed by atoms with Crippen LogP contribution in [0.4, 0.5) is 5.69 Å². The number of nitrogens with one attached hydrogen (secondary N) is 1. The lowest BCUT2D eigenvalue weighted by atomic mass is 10.1. The molecule has 1 aromatic heterocycles. The van der Waals surface area contributed by atoms with E-state index in [2.05, 4.69) is 5.32 Å². The summed E-state index contributed by atoms with van der Waals surface area (Å²) in [4.78, 5) is 26.2. The number of anilines is 1. The van der Waals surface area contributed by atoms with Crippen LogP contribution >= 0.6 is 0 Å². The van der Waals surface area contributed by atoms with Gasteiger partial charge in [-0.3, -0.25) is 9.59 Å². The van der Waals surface area contributed by atoms with Crippen LogP contribution in [0.15, 0.2) is 45.9 Å². The molecule has 1 aliphatic heterocycles. The molecule has 2 amide bonds. The number of carbonyl (C=O) groups excluding carboxylic acids is 2. The van der Waals surface area contributed by atoms with Gasteiger partial charge < -0.3 is 19.7 Å². The van der Waals surface area contributed by atoms with Crippen LogP contribution in [0, 0.1) is 5.92 Å². The van der Waals surface area contributed by atoms with Crippen LogP contribution < -0.4 is 5.32 Å². The first-order chi connectivity index (χ1) is 12.8. The van der Waals surface area contributed by atoms with Crippen LogP contribution in [0.2, 0.25) is 0 Å². The smallest absolute Gasteiger partial charge is 0.229 e. The van der Waals surface area contributed by atoms with Crippen molar-refractivity contribution in [3.05, 3.63) is 42.4 Å². The average Bonchev–Trinajstić information content (AvgIpc) is 3.27. The SMILES string of the molecule is CCS(=O)(=O)c1ccc(O)c(NC(=O)C2CC(=O)N(Cc3ccco3)C2)c1. The summed E-state index contributed by atoms with van der Waals surface area (Å²) in [5.74, 6) is -0.929. The molecule has 0 radical (unpaired) electrons. The first-order valence-electron chi connectivity index (χ1n) is 8.47. The molecule has 8 nitrogen and oxygen atoms in total. The minimum atomic E-state index is -3.47. The van der Waals surface area contributed by atoms with Crippen LogP contribution in [0.5, 0.6) is 5.75 Å². The summed E-state index contributed by atoms with van der Waals surface area (Å²) in [6.45, 7) is 2.02. The molecule has 1 unspecified atom stereocenters. The van der Waals surface area contributed by atoms with Gasteiger partial charge in [-0.05, 0) is 30.3 Å². The summed E-state index contributed by atoms with van der Waals surface area (Å²) in [6, 6.07) is 7.21. The fraction of sp³-hybridized carbons (Fsp3) is 0.333. The predicted molar refractivity (Wildman–Crippen MR) is 96.7 cm³/mol. The van der Waals surface area contributed by atoms with Crippen LogP contribution in [-0.2, 0) is 26.0 Å². The molecule has 1 atom stereocenters. The fourth-order valence-corrected chi connectivity index (χ4v) is 3.81.